The second-order valence-corrected chi connectivity index (χ2v) is 5.66. The standard InChI is InChI=1S/C16H18N2O2/c19-16(11-5-7-20-8-6-11)15-13-4-2-1-3-12(13)14-9-17-10-18(14)15/h1-4,9-11,15-16,19H,5-8H2/t15-,16-/m0/s1. The number of aliphatic hydroxyl groups is 1. The molecule has 4 rings (SSSR count). The third kappa shape index (κ3) is 1.72. The SMILES string of the molecule is O[C@@H](C1CCOCC1)[C@@H]1c2ccccc2-c2cncn21. The zero-order chi connectivity index (χ0) is 13.5. The maximum absolute atomic E-state index is 10.9. The van der Waals surface area contributed by atoms with Crippen LogP contribution in [0.5, 0.6) is 0 Å². The van der Waals surface area contributed by atoms with E-state index in [1.165, 1.54) is 11.1 Å². The molecule has 0 bridgehead atoms. The summed E-state index contributed by atoms with van der Waals surface area (Å²) in [7, 11) is 0. The van der Waals surface area contributed by atoms with Crippen molar-refractivity contribution in [1.29, 1.82) is 0 Å². The first-order valence-electron chi connectivity index (χ1n) is 7.23. The van der Waals surface area contributed by atoms with Gasteiger partial charge in [-0.1, -0.05) is 24.3 Å². The van der Waals surface area contributed by atoms with E-state index >= 15 is 0 Å². The van der Waals surface area contributed by atoms with Gasteiger partial charge in [-0.15, -0.1) is 0 Å². The van der Waals surface area contributed by atoms with Crippen LogP contribution in [0.2, 0.25) is 0 Å². The van der Waals surface area contributed by atoms with Gasteiger partial charge in [-0.3, -0.25) is 0 Å². The lowest BCUT2D eigenvalue weighted by Gasteiger charge is -2.31. The average Bonchev–Trinajstić information content (AvgIpc) is 3.08. The fourth-order valence-corrected chi connectivity index (χ4v) is 3.54. The van der Waals surface area contributed by atoms with E-state index in [0.717, 1.165) is 31.7 Å². The van der Waals surface area contributed by atoms with E-state index in [0.29, 0.717) is 5.92 Å². The Kier molecular flexibility index (Phi) is 2.86. The topological polar surface area (TPSA) is 47.3 Å². The first-order valence-corrected chi connectivity index (χ1v) is 7.23. The molecule has 4 heteroatoms. The second kappa shape index (κ2) is 4.72. The Morgan fingerprint density at radius 2 is 2.05 bits per heavy atom. The molecule has 1 saturated heterocycles. The molecule has 2 aliphatic heterocycles. The first-order chi connectivity index (χ1) is 9.86. The van der Waals surface area contributed by atoms with Crippen molar-refractivity contribution in [3.05, 3.63) is 42.4 Å². The van der Waals surface area contributed by atoms with Gasteiger partial charge < -0.3 is 14.4 Å². The molecular weight excluding hydrogens is 252 g/mol. The van der Waals surface area contributed by atoms with Crippen molar-refractivity contribution in [3.63, 3.8) is 0 Å². The van der Waals surface area contributed by atoms with Crippen molar-refractivity contribution >= 4 is 0 Å². The fraction of sp³-hybridized carbons (Fsp3) is 0.438. The van der Waals surface area contributed by atoms with Crippen LogP contribution in [0.3, 0.4) is 0 Å². The maximum Gasteiger partial charge on any atom is 0.0957 e. The Balaban J connectivity index is 1.74. The van der Waals surface area contributed by atoms with Crippen molar-refractivity contribution in [3.8, 4) is 11.3 Å². The molecule has 4 nitrogen and oxygen atoms in total. The highest BCUT2D eigenvalue weighted by atomic mass is 16.5. The Hall–Kier alpha value is -1.65. The molecule has 2 atom stereocenters. The lowest BCUT2D eigenvalue weighted by atomic mass is 9.86. The highest BCUT2D eigenvalue weighted by molar-refractivity contribution is 5.69. The van der Waals surface area contributed by atoms with Crippen LogP contribution in [0, 0.1) is 5.92 Å². The molecule has 0 unspecified atom stereocenters. The summed E-state index contributed by atoms with van der Waals surface area (Å²) >= 11 is 0. The van der Waals surface area contributed by atoms with Crippen LogP contribution in [0.1, 0.15) is 24.4 Å². The summed E-state index contributed by atoms with van der Waals surface area (Å²) in [5, 5.41) is 10.9. The number of aromatic nitrogens is 2. The molecule has 0 saturated carbocycles. The lowest BCUT2D eigenvalue weighted by Crippen LogP contribution is -2.34. The van der Waals surface area contributed by atoms with E-state index in [4.69, 9.17) is 4.74 Å². The van der Waals surface area contributed by atoms with Crippen LogP contribution in [-0.2, 0) is 4.74 Å². The number of hydrogen-bond donors (Lipinski definition) is 1. The number of hydrogen-bond acceptors (Lipinski definition) is 3. The van der Waals surface area contributed by atoms with E-state index in [9.17, 15) is 5.11 Å². The molecule has 1 aromatic heterocycles. The van der Waals surface area contributed by atoms with Gasteiger partial charge in [0.2, 0.25) is 0 Å². The fourth-order valence-electron chi connectivity index (χ4n) is 3.54. The average molecular weight is 270 g/mol. The molecule has 2 aliphatic rings. The van der Waals surface area contributed by atoms with E-state index in [2.05, 4.69) is 21.7 Å². The smallest absolute Gasteiger partial charge is 0.0957 e. The van der Waals surface area contributed by atoms with Crippen molar-refractivity contribution in [2.45, 2.75) is 25.0 Å². The number of fused-ring (bicyclic) bond motifs is 3. The number of ether oxygens (including phenoxy) is 1. The van der Waals surface area contributed by atoms with Crippen LogP contribution in [0.15, 0.2) is 36.8 Å². The van der Waals surface area contributed by atoms with E-state index in [1.54, 1.807) is 0 Å². The monoisotopic (exact) mass is 270 g/mol. The molecule has 1 aromatic carbocycles. The van der Waals surface area contributed by atoms with E-state index in [-0.39, 0.29) is 12.1 Å². The van der Waals surface area contributed by atoms with Crippen LogP contribution in [-0.4, -0.2) is 34.0 Å². The van der Waals surface area contributed by atoms with Crippen molar-refractivity contribution in [1.82, 2.24) is 9.55 Å². The van der Waals surface area contributed by atoms with Gasteiger partial charge in [0.15, 0.2) is 0 Å². The van der Waals surface area contributed by atoms with E-state index < -0.39 is 0 Å². The number of rotatable bonds is 2. The quantitative estimate of drug-likeness (QED) is 0.910. The van der Waals surface area contributed by atoms with Crippen molar-refractivity contribution in [2.75, 3.05) is 13.2 Å². The third-order valence-electron chi connectivity index (χ3n) is 4.59. The summed E-state index contributed by atoms with van der Waals surface area (Å²) < 4.78 is 7.52. The number of nitrogens with zero attached hydrogens (tertiary/aromatic N) is 2. The largest absolute Gasteiger partial charge is 0.390 e. The number of imidazole rings is 1. The van der Waals surface area contributed by atoms with Gasteiger partial charge in [0.1, 0.15) is 0 Å². The van der Waals surface area contributed by atoms with Crippen LogP contribution in [0.4, 0.5) is 0 Å². The predicted molar refractivity (Wildman–Crippen MR) is 75.4 cm³/mol. The normalized spacial score (nSPS) is 23.4. The Labute approximate surface area is 118 Å². The maximum atomic E-state index is 10.9. The molecule has 0 aliphatic carbocycles. The molecule has 1 fully saturated rings. The molecule has 2 aromatic rings. The highest BCUT2D eigenvalue weighted by Gasteiger charge is 2.37. The zero-order valence-electron chi connectivity index (χ0n) is 11.3. The third-order valence-corrected chi connectivity index (χ3v) is 4.59. The summed E-state index contributed by atoms with van der Waals surface area (Å²) in [6.45, 7) is 1.51. The molecule has 1 N–H and O–H groups in total. The Bertz CT molecular complexity index is 616. The van der Waals surface area contributed by atoms with Gasteiger partial charge in [-0.2, -0.15) is 0 Å². The summed E-state index contributed by atoms with van der Waals surface area (Å²) in [4.78, 5) is 4.25. The lowest BCUT2D eigenvalue weighted by molar-refractivity contribution is -0.00620. The number of aliphatic hydroxyl groups excluding tert-OH is 1. The van der Waals surface area contributed by atoms with Crippen LogP contribution >= 0.6 is 0 Å². The Morgan fingerprint density at radius 1 is 1.25 bits per heavy atom. The van der Waals surface area contributed by atoms with E-state index in [1.807, 2.05) is 24.7 Å². The van der Waals surface area contributed by atoms with Gasteiger partial charge in [0, 0.05) is 18.8 Å². The zero-order valence-corrected chi connectivity index (χ0v) is 11.3. The van der Waals surface area contributed by atoms with Gasteiger partial charge in [0.25, 0.3) is 0 Å². The van der Waals surface area contributed by atoms with Gasteiger partial charge in [-0.25, -0.2) is 4.98 Å². The molecule has 104 valence electrons. The molecule has 3 heterocycles. The second-order valence-electron chi connectivity index (χ2n) is 5.66. The summed E-state index contributed by atoms with van der Waals surface area (Å²) in [5.74, 6) is 0.301. The number of benzene rings is 1. The first kappa shape index (κ1) is 12.1. The molecular formula is C16H18N2O2. The minimum absolute atomic E-state index is 0.00759. The van der Waals surface area contributed by atoms with Crippen molar-refractivity contribution < 1.29 is 9.84 Å². The minimum atomic E-state index is -0.379. The van der Waals surface area contributed by atoms with Crippen LogP contribution in [0.25, 0.3) is 11.3 Å². The summed E-state index contributed by atoms with van der Waals surface area (Å²) in [6.07, 6.45) is 5.21. The Morgan fingerprint density at radius 3 is 2.90 bits per heavy atom. The molecule has 0 radical (unpaired) electrons. The van der Waals surface area contributed by atoms with Gasteiger partial charge in [-0.05, 0) is 24.3 Å². The van der Waals surface area contributed by atoms with Gasteiger partial charge >= 0.3 is 0 Å². The highest BCUT2D eigenvalue weighted by Crippen LogP contribution is 2.43. The molecule has 20 heavy (non-hydrogen) atoms. The predicted octanol–water partition coefficient (Wildman–Crippen LogP) is 2.24. The minimum Gasteiger partial charge on any atom is -0.390 e. The summed E-state index contributed by atoms with van der Waals surface area (Å²) in [6, 6.07) is 8.31. The van der Waals surface area contributed by atoms with Gasteiger partial charge in [0.05, 0.1) is 30.4 Å². The van der Waals surface area contributed by atoms with Crippen LogP contribution < -0.4 is 0 Å². The van der Waals surface area contributed by atoms with Crippen molar-refractivity contribution in [2.24, 2.45) is 5.92 Å². The summed E-state index contributed by atoms with van der Waals surface area (Å²) in [5.41, 5.74) is 3.52. The molecule has 0 spiro atoms. The molecule has 0 amide bonds.